The highest BCUT2D eigenvalue weighted by molar-refractivity contribution is 5.84. The Hall–Kier alpha value is -3.38. The van der Waals surface area contributed by atoms with Crippen molar-refractivity contribution in [3.05, 3.63) is 115 Å². The molecule has 1 saturated carbocycles. The summed E-state index contributed by atoms with van der Waals surface area (Å²) in [4.78, 5) is 15.3. The highest BCUT2D eigenvalue weighted by atomic mass is 16.4. The molecule has 5 rings (SSSR count). The molecule has 0 aliphatic heterocycles. The Kier molecular flexibility index (Phi) is 5.77. The molecule has 2 heterocycles. The number of carbonyl (C=O) groups is 1. The summed E-state index contributed by atoms with van der Waals surface area (Å²) in [6.45, 7) is 0.396. The van der Waals surface area contributed by atoms with E-state index in [1.165, 1.54) is 0 Å². The average Bonchev–Trinajstić information content (AvgIpc) is 3.57. The molecule has 2 aromatic carbocycles. The number of aliphatic carboxylic acids is 1. The number of para-hydroxylation sites is 2. The molecule has 5 radical (unpaired) electrons. The number of benzene rings is 2. The second-order valence-corrected chi connectivity index (χ2v) is 7.79. The van der Waals surface area contributed by atoms with Crippen molar-refractivity contribution >= 4 is 16.9 Å². The van der Waals surface area contributed by atoms with E-state index in [2.05, 4.69) is 10.3 Å². The van der Waals surface area contributed by atoms with Crippen LogP contribution in [0.2, 0.25) is 0 Å². The number of hydrogen-bond acceptors (Lipinski definition) is 3. The Morgan fingerprint density at radius 1 is 1.03 bits per heavy atom. The van der Waals surface area contributed by atoms with Gasteiger partial charge in [0.2, 0.25) is 0 Å². The number of H-pyrrole nitrogens is 1. The number of fused-ring (bicyclic) bond motifs is 1. The standard InChI is InChI=1S/C26H23N4O2/c31-26(32)24(14-19-15-27-23-13-7-6-12-22(19)23)28-16-20-17-30(21-10-2-1-3-11-21)29-25(20)18-8-4-5-9-18/h1-13,15,17,24,27-28H,14,16H2,(H,31,32)/t24-/m0/s1. The van der Waals surface area contributed by atoms with Gasteiger partial charge in [-0.3, -0.25) is 10.1 Å². The van der Waals surface area contributed by atoms with Crippen LogP contribution in [0, 0.1) is 31.6 Å². The third kappa shape index (κ3) is 4.18. The predicted molar refractivity (Wildman–Crippen MR) is 123 cm³/mol. The minimum atomic E-state index is -0.874. The van der Waals surface area contributed by atoms with Crippen LogP contribution in [0.5, 0.6) is 0 Å². The fourth-order valence-electron chi connectivity index (χ4n) is 4.03. The lowest BCUT2D eigenvalue weighted by Crippen LogP contribution is -2.38. The van der Waals surface area contributed by atoms with Crippen LogP contribution >= 0.6 is 0 Å². The van der Waals surface area contributed by atoms with Crippen molar-refractivity contribution in [1.29, 1.82) is 0 Å². The number of aromatic amines is 1. The number of carboxylic acid groups (broad SMARTS) is 1. The first-order chi connectivity index (χ1) is 15.7. The van der Waals surface area contributed by atoms with Gasteiger partial charge in [-0.25, -0.2) is 4.68 Å². The molecule has 3 N–H and O–H groups in total. The molecule has 0 amide bonds. The minimum absolute atomic E-state index is 0.387. The van der Waals surface area contributed by atoms with Crippen molar-refractivity contribution in [2.24, 2.45) is 0 Å². The van der Waals surface area contributed by atoms with Crippen molar-refractivity contribution in [3.63, 3.8) is 0 Å². The first-order valence-electron chi connectivity index (χ1n) is 10.6. The van der Waals surface area contributed by atoms with Crippen LogP contribution in [0.25, 0.3) is 16.6 Å². The van der Waals surface area contributed by atoms with E-state index in [-0.39, 0.29) is 0 Å². The Bertz CT molecular complexity index is 1210. The third-order valence-corrected chi connectivity index (χ3v) is 5.68. The van der Waals surface area contributed by atoms with E-state index in [1.54, 1.807) is 0 Å². The number of aromatic nitrogens is 3. The van der Waals surface area contributed by atoms with E-state index in [0.717, 1.165) is 39.3 Å². The molecule has 0 bridgehead atoms. The van der Waals surface area contributed by atoms with Crippen molar-refractivity contribution in [3.8, 4) is 5.69 Å². The van der Waals surface area contributed by atoms with Crippen LogP contribution in [0.3, 0.4) is 0 Å². The summed E-state index contributed by atoms with van der Waals surface area (Å²) < 4.78 is 1.84. The Balaban J connectivity index is 1.38. The predicted octanol–water partition coefficient (Wildman–Crippen LogP) is 3.89. The Labute approximate surface area is 187 Å². The van der Waals surface area contributed by atoms with Crippen LogP contribution in [0.1, 0.15) is 16.8 Å². The first kappa shape index (κ1) is 20.5. The smallest absolute Gasteiger partial charge is 0.321 e. The second-order valence-electron chi connectivity index (χ2n) is 7.79. The van der Waals surface area contributed by atoms with E-state index in [4.69, 9.17) is 5.10 Å². The molecular formula is C26H23N4O2. The second kappa shape index (κ2) is 9.01. The summed E-state index contributed by atoms with van der Waals surface area (Å²) in [5, 5.41) is 18.9. The van der Waals surface area contributed by atoms with Gasteiger partial charge < -0.3 is 10.1 Å². The molecule has 0 saturated heterocycles. The molecule has 1 aliphatic carbocycles. The summed E-state index contributed by atoms with van der Waals surface area (Å²) >= 11 is 0. The summed E-state index contributed by atoms with van der Waals surface area (Å²) in [5.41, 5.74) is 4.75. The van der Waals surface area contributed by atoms with E-state index in [0.29, 0.717) is 13.0 Å². The zero-order valence-corrected chi connectivity index (χ0v) is 17.4. The number of carboxylic acids is 1. The molecule has 2 aromatic heterocycles. The van der Waals surface area contributed by atoms with Gasteiger partial charge in [-0.15, -0.1) is 0 Å². The Morgan fingerprint density at radius 3 is 2.56 bits per heavy atom. The third-order valence-electron chi connectivity index (χ3n) is 5.68. The molecule has 1 atom stereocenters. The summed E-state index contributed by atoms with van der Waals surface area (Å²) in [7, 11) is 0. The van der Waals surface area contributed by atoms with Gasteiger partial charge in [-0.1, -0.05) is 36.4 Å². The number of hydrogen-bond donors (Lipinski definition) is 3. The van der Waals surface area contributed by atoms with E-state index in [1.807, 2.05) is 97.4 Å². The van der Waals surface area contributed by atoms with Crippen LogP contribution in [0.15, 0.2) is 67.0 Å². The first-order valence-corrected chi connectivity index (χ1v) is 10.6. The van der Waals surface area contributed by atoms with Crippen molar-refractivity contribution in [2.45, 2.75) is 19.0 Å². The van der Waals surface area contributed by atoms with Gasteiger partial charge in [-0.05, 0) is 49.4 Å². The normalized spacial score (nSPS) is 15.4. The largest absolute Gasteiger partial charge is 0.480 e. The molecule has 1 aliphatic rings. The van der Waals surface area contributed by atoms with Gasteiger partial charge in [0.1, 0.15) is 6.04 Å². The average molecular weight is 423 g/mol. The van der Waals surface area contributed by atoms with Gasteiger partial charge in [0.25, 0.3) is 0 Å². The van der Waals surface area contributed by atoms with Gasteiger partial charge in [0.15, 0.2) is 0 Å². The zero-order valence-electron chi connectivity index (χ0n) is 17.4. The summed E-state index contributed by atoms with van der Waals surface area (Å²) in [5.74, 6) is 0.139. The fraction of sp³-hybridized carbons (Fsp3) is 0.115. The van der Waals surface area contributed by atoms with Crippen molar-refractivity contribution in [1.82, 2.24) is 20.1 Å². The molecule has 6 nitrogen and oxygen atoms in total. The molecule has 1 fully saturated rings. The fourth-order valence-corrected chi connectivity index (χ4v) is 4.03. The van der Waals surface area contributed by atoms with Gasteiger partial charge >= 0.3 is 5.97 Å². The quantitative estimate of drug-likeness (QED) is 0.402. The monoisotopic (exact) mass is 423 g/mol. The molecular weight excluding hydrogens is 400 g/mol. The van der Waals surface area contributed by atoms with Crippen LogP contribution in [0.4, 0.5) is 0 Å². The molecule has 0 unspecified atom stereocenters. The number of rotatable bonds is 8. The van der Waals surface area contributed by atoms with E-state index >= 15 is 0 Å². The maximum absolute atomic E-state index is 12.0. The number of nitrogens with one attached hydrogen (secondary N) is 2. The molecule has 32 heavy (non-hydrogen) atoms. The van der Waals surface area contributed by atoms with Gasteiger partial charge in [-0.2, -0.15) is 5.10 Å². The van der Waals surface area contributed by atoms with Gasteiger partial charge in [0, 0.05) is 47.7 Å². The zero-order chi connectivity index (χ0) is 21.9. The Morgan fingerprint density at radius 2 is 1.78 bits per heavy atom. The lowest BCUT2D eigenvalue weighted by molar-refractivity contribution is -0.139. The SMILES string of the molecule is O=C(O)[C@H](Cc1c[nH]c2ccccc12)NCc1cn(-c2ccccc2)nc1[C]1[CH][CH][CH][CH]1. The molecule has 4 aromatic rings. The highest BCUT2D eigenvalue weighted by Gasteiger charge is 2.26. The summed E-state index contributed by atoms with van der Waals surface area (Å²) in [6.07, 6.45) is 12.2. The summed E-state index contributed by atoms with van der Waals surface area (Å²) in [6, 6.07) is 17.1. The maximum atomic E-state index is 12.0. The van der Waals surface area contributed by atoms with Crippen molar-refractivity contribution < 1.29 is 9.90 Å². The van der Waals surface area contributed by atoms with Crippen LogP contribution in [-0.2, 0) is 17.8 Å². The molecule has 0 spiro atoms. The van der Waals surface area contributed by atoms with Crippen LogP contribution in [-0.4, -0.2) is 31.9 Å². The maximum Gasteiger partial charge on any atom is 0.321 e. The van der Waals surface area contributed by atoms with Gasteiger partial charge in [0.05, 0.1) is 11.4 Å². The molecule has 6 heteroatoms. The number of nitrogens with zero attached hydrogens (tertiary/aromatic N) is 2. The molecule has 159 valence electrons. The van der Waals surface area contributed by atoms with Crippen molar-refractivity contribution in [2.75, 3.05) is 0 Å². The van der Waals surface area contributed by atoms with E-state index < -0.39 is 12.0 Å². The lowest BCUT2D eigenvalue weighted by Gasteiger charge is -2.15. The minimum Gasteiger partial charge on any atom is -0.480 e. The van der Waals surface area contributed by atoms with E-state index in [9.17, 15) is 9.90 Å². The topological polar surface area (TPSA) is 82.9 Å². The van der Waals surface area contributed by atoms with Crippen LogP contribution < -0.4 is 5.32 Å². The highest BCUT2D eigenvalue weighted by Crippen LogP contribution is 2.32. The lowest BCUT2D eigenvalue weighted by atomic mass is 10.00.